The van der Waals surface area contributed by atoms with Crippen molar-refractivity contribution in [3.05, 3.63) is 35.5 Å². The highest BCUT2D eigenvalue weighted by atomic mass is 16.7. The monoisotopic (exact) mass is 333 g/mol. The molecule has 1 fully saturated rings. The number of likely N-dealkylation sites (tertiary alicyclic amines) is 1. The van der Waals surface area contributed by atoms with Gasteiger partial charge in [0.15, 0.2) is 6.79 Å². The molecule has 6 heteroatoms. The number of nitrogens with zero attached hydrogens (tertiary/aromatic N) is 1. The van der Waals surface area contributed by atoms with E-state index < -0.39 is 11.7 Å². The average molecular weight is 333 g/mol. The second kappa shape index (κ2) is 7.49. The van der Waals surface area contributed by atoms with E-state index in [2.05, 4.69) is 0 Å². The summed E-state index contributed by atoms with van der Waals surface area (Å²) in [7, 11) is 1.56. The number of rotatable bonds is 4. The van der Waals surface area contributed by atoms with Crippen LogP contribution in [-0.4, -0.2) is 36.4 Å². The molecule has 1 aromatic carbocycles. The van der Waals surface area contributed by atoms with Gasteiger partial charge >= 0.3 is 6.09 Å². The Hall–Kier alpha value is -2.34. The highest BCUT2D eigenvalue weighted by Crippen LogP contribution is 2.27. The van der Waals surface area contributed by atoms with E-state index in [0.717, 1.165) is 10.5 Å². The number of allylic oxidation sites excluding steroid dienone is 1. The molecule has 1 aromatic rings. The molecular weight excluding hydrogens is 310 g/mol. The predicted molar refractivity (Wildman–Crippen MR) is 89.2 cm³/mol. The Morgan fingerprint density at radius 1 is 1.21 bits per heavy atom. The minimum absolute atomic E-state index is 0.182. The van der Waals surface area contributed by atoms with Crippen molar-refractivity contribution in [1.82, 2.24) is 4.90 Å². The van der Waals surface area contributed by atoms with Crippen molar-refractivity contribution in [1.29, 1.82) is 0 Å². The SMILES string of the molecule is COCOc1ccc(/C=C2/CCC(=O)N2C(=O)OC(C)(C)C)cc1. The molecule has 130 valence electrons. The van der Waals surface area contributed by atoms with Gasteiger partial charge in [-0.3, -0.25) is 4.79 Å². The van der Waals surface area contributed by atoms with Gasteiger partial charge in [-0.1, -0.05) is 12.1 Å². The molecule has 1 aliphatic rings. The van der Waals surface area contributed by atoms with Crippen LogP contribution in [0.25, 0.3) is 6.08 Å². The number of hydrogen-bond donors (Lipinski definition) is 0. The lowest BCUT2D eigenvalue weighted by molar-refractivity contribution is -0.126. The smallest absolute Gasteiger partial charge is 0.421 e. The van der Waals surface area contributed by atoms with Crippen LogP contribution in [0.3, 0.4) is 0 Å². The number of carbonyl (C=O) groups excluding carboxylic acids is 2. The van der Waals surface area contributed by atoms with Crippen LogP contribution in [0.5, 0.6) is 5.75 Å². The second-order valence-electron chi connectivity index (χ2n) is 6.47. The van der Waals surface area contributed by atoms with Gasteiger partial charge in [0.2, 0.25) is 5.91 Å². The van der Waals surface area contributed by atoms with Crippen LogP contribution in [0.15, 0.2) is 30.0 Å². The van der Waals surface area contributed by atoms with Crippen molar-refractivity contribution < 1.29 is 23.8 Å². The average Bonchev–Trinajstić information content (AvgIpc) is 2.85. The van der Waals surface area contributed by atoms with Crippen LogP contribution in [0.4, 0.5) is 4.79 Å². The van der Waals surface area contributed by atoms with Gasteiger partial charge in [-0.05, 0) is 51.0 Å². The molecule has 1 saturated heterocycles. The fourth-order valence-electron chi connectivity index (χ4n) is 2.26. The van der Waals surface area contributed by atoms with Crippen molar-refractivity contribution in [2.75, 3.05) is 13.9 Å². The fraction of sp³-hybridized carbons (Fsp3) is 0.444. The summed E-state index contributed by atoms with van der Waals surface area (Å²) < 4.78 is 15.5. The third-order valence-electron chi connectivity index (χ3n) is 3.26. The molecule has 0 aromatic heterocycles. The molecule has 24 heavy (non-hydrogen) atoms. The van der Waals surface area contributed by atoms with Gasteiger partial charge in [-0.2, -0.15) is 0 Å². The van der Waals surface area contributed by atoms with Crippen molar-refractivity contribution in [3.8, 4) is 5.75 Å². The van der Waals surface area contributed by atoms with Gasteiger partial charge in [-0.15, -0.1) is 0 Å². The topological polar surface area (TPSA) is 65.1 Å². The van der Waals surface area contributed by atoms with Gasteiger partial charge in [-0.25, -0.2) is 9.69 Å². The van der Waals surface area contributed by atoms with E-state index in [1.165, 1.54) is 0 Å². The molecule has 1 aliphatic heterocycles. The Bertz CT molecular complexity index is 628. The summed E-state index contributed by atoms with van der Waals surface area (Å²) in [5.74, 6) is 0.445. The van der Waals surface area contributed by atoms with Gasteiger partial charge < -0.3 is 14.2 Å². The van der Waals surface area contributed by atoms with Crippen molar-refractivity contribution in [2.45, 2.75) is 39.2 Å². The molecule has 0 N–H and O–H groups in total. The predicted octanol–water partition coefficient (Wildman–Crippen LogP) is 3.57. The first-order valence-corrected chi connectivity index (χ1v) is 7.78. The van der Waals surface area contributed by atoms with E-state index in [4.69, 9.17) is 14.2 Å². The Morgan fingerprint density at radius 2 is 1.88 bits per heavy atom. The summed E-state index contributed by atoms with van der Waals surface area (Å²) in [6.07, 6.45) is 2.01. The van der Waals surface area contributed by atoms with E-state index >= 15 is 0 Å². The third kappa shape index (κ3) is 4.83. The van der Waals surface area contributed by atoms with Crippen LogP contribution >= 0.6 is 0 Å². The fourth-order valence-corrected chi connectivity index (χ4v) is 2.26. The first kappa shape index (κ1) is 18.0. The number of ether oxygens (including phenoxy) is 3. The van der Waals surface area contributed by atoms with Crippen LogP contribution in [0.2, 0.25) is 0 Å². The van der Waals surface area contributed by atoms with Gasteiger partial charge in [0, 0.05) is 19.2 Å². The molecule has 0 atom stereocenters. The molecule has 0 spiro atoms. The summed E-state index contributed by atoms with van der Waals surface area (Å²) in [6.45, 7) is 5.50. The highest BCUT2D eigenvalue weighted by Gasteiger charge is 2.34. The van der Waals surface area contributed by atoms with E-state index in [9.17, 15) is 9.59 Å². The molecule has 0 aliphatic carbocycles. The minimum Gasteiger partial charge on any atom is -0.468 e. The van der Waals surface area contributed by atoms with E-state index in [0.29, 0.717) is 24.3 Å². The highest BCUT2D eigenvalue weighted by molar-refractivity contribution is 5.97. The zero-order chi connectivity index (χ0) is 17.7. The molecule has 0 radical (unpaired) electrons. The first-order chi connectivity index (χ1) is 11.3. The zero-order valence-corrected chi connectivity index (χ0v) is 14.5. The summed E-state index contributed by atoms with van der Waals surface area (Å²) in [4.78, 5) is 25.4. The van der Waals surface area contributed by atoms with Gasteiger partial charge in [0.25, 0.3) is 0 Å². The van der Waals surface area contributed by atoms with Crippen LogP contribution in [-0.2, 0) is 14.3 Å². The zero-order valence-electron chi connectivity index (χ0n) is 14.5. The standard InChI is InChI=1S/C18H23NO5/c1-18(2,3)24-17(21)19-14(7-10-16(19)20)11-13-5-8-15(9-6-13)23-12-22-4/h5-6,8-9,11H,7,10,12H2,1-4H3/b14-11-. The van der Waals surface area contributed by atoms with Crippen molar-refractivity contribution in [3.63, 3.8) is 0 Å². The maximum atomic E-state index is 12.3. The molecule has 1 heterocycles. The largest absolute Gasteiger partial charge is 0.468 e. The lowest BCUT2D eigenvalue weighted by Crippen LogP contribution is -2.36. The number of imide groups is 1. The normalized spacial score (nSPS) is 16.6. The Morgan fingerprint density at radius 3 is 2.46 bits per heavy atom. The van der Waals surface area contributed by atoms with Crippen LogP contribution in [0.1, 0.15) is 39.2 Å². The maximum Gasteiger partial charge on any atom is 0.421 e. The number of amides is 2. The number of methoxy groups -OCH3 is 1. The lowest BCUT2D eigenvalue weighted by Gasteiger charge is -2.24. The quantitative estimate of drug-likeness (QED) is 0.788. The van der Waals surface area contributed by atoms with Crippen LogP contribution in [0, 0.1) is 0 Å². The maximum absolute atomic E-state index is 12.3. The molecule has 6 nitrogen and oxygen atoms in total. The Kier molecular flexibility index (Phi) is 5.62. The molecular formula is C18H23NO5. The molecule has 0 saturated carbocycles. The molecule has 0 unspecified atom stereocenters. The molecule has 0 bridgehead atoms. The lowest BCUT2D eigenvalue weighted by atomic mass is 10.1. The van der Waals surface area contributed by atoms with Crippen LogP contribution < -0.4 is 4.74 Å². The van der Waals surface area contributed by atoms with Gasteiger partial charge in [0.1, 0.15) is 11.4 Å². The summed E-state index contributed by atoms with van der Waals surface area (Å²) in [6, 6.07) is 7.32. The molecule has 2 rings (SSSR count). The number of carbonyl (C=O) groups is 2. The van der Waals surface area contributed by atoms with Crippen molar-refractivity contribution in [2.24, 2.45) is 0 Å². The van der Waals surface area contributed by atoms with E-state index in [1.807, 2.05) is 18.2 Å². The van der Waals surface area contributed by atoms with E-state index in [1.54, 1.807) is 40.0 Å². The van der Waals surface area contributed by atoms with Crippen molar-refractivity contribution >= 4 is 18.1 Å². The summed E-state index contributed by atoms with van der Waals surface area (Å²) >= 11 is 0. The number of benzene rings is 1. The Balaban J connectivity index is 2.15. The summed E-state index contributed by atoms with van der Waals surface area (Å²) in [5.41, 5.74) is 0.864. The third-order valence-corrected chi connectivity index (χ3v) is 3.26. The summed E-state index contributed by atoms with van der Waals surface area (Å²) in [5, 5.41) is 0. The first-order valence-electron chi connectivity index (χ1n) is 7.78. The Labute approximate surface area is 142 Å². The van der Waals surface area contributed by atoms with E-state index in [-0.39, 0.29) is 12.7 Å². The second-order valence-corrected chi connectivity index (χ2v) is 6.47. The molecule has 2 amide bonds. The van der Waals surface area contributed by atoms with Gasteiger partial charge in [0.05, 0.1) is 0 Å². The number of hydrogen-bond acceptors (Lipinski definition) is 5. The minimum atomic E-state index is -0.647.